The minimum absolute atomic E-state index is 0.123. The number of ether oxygens (including phenoxy) is 2. The van der Waals surface area contributed by atoms with Crippen LogP contribution in [0, 0.1) is 5.82 Å². The van der Waals surface area contributed by atoms with Crippen LogP contribution in [0.3, 0.4) is 0 Å². The molecule has 2 aromatic carbocycles. The van der Waals surface area contributed by atoms with Crippen LogP contribution >= 0.6 is 27.5 Å². The summed E-state index contributed by atoms with van der Waals surface area (Å²) in [6, 6.07) is 13.0. The summed E-state index contributed by atoms with van der Waals surface area (Å²) in [5.74, 6) is -0.508. The van der Waals surface area contributed by atoms with Gasteiger partial charge in [0, 0.05) is 22.3 Å². The molecule has 138 valence electrons. The quantitative estimate of drug-likeness (QED) is 0.430. The first kappa shape index (κ1) is 19.3. The molecule has 0 radical (unpaired) electrons. The predicted octanol–water partition coefficient (Wildman–Crippen LogP) is 6.27. The maximum absolute atomic E-state index is 14.3. The summed E-state index contributed by atoms with van der Waals surface area (Å²) in [4.78, 5) is 16.4. The Hall–Kier alpha value is -2.44. The Morgan fingerprint density at radius 3 is 2.67 bits per heavy atom. The van der Waals surface area contributed by atoms with E-state index in [-0.39, 0.29) is 23.5 Å². The highest BCUT2D eigenvalue weighted by Gasteiger charge is 2.19. The molecule has 0 aliphatic carbocycles. The van der Waals surface area contributed by atoms with Gasteiger partial charge >= 0.3 is 5.97 Å². The topological polar surface area (TPSA) is 48.4 Å². The van der Waals surface area contributed by atoms with Crippen LogP contribution in [0.25, 0.3) is 11.3 Å². The molecule has 27 heavy (non-hydrogen) atoms. The molecular weight excluding hydrogens is 437 g/mol. The van der Waals surface area contributed by atoms with Crippen molar-refractivity contribution in [3.8, 4) is 22.8 Å². The van der Waals surface area contributed by atoms with Crippen LogP contribution < -0.4 is 4.74 Å². The molecule has 0 N–H and O–H groups in total. The van der Waals surface area contributed by atoms with Crippen LogP contribution in [0.4, 0.5) is 4.39 Å². The molecule has 3 rings (SSSR count). The minimum atomic E-state index is -0.588. The summed E-state index contributed by atoms with van der Waals surface area (Å²) in [5, 5.41) is 0.375. The fourth-order valence-corrected chi connectivity index (χ4v) is 2.88. The van der Waals surface area contributed by atoms with E-state index in [1.165, 1.54) is 18.3 Å². The number of hydrogen-bond acceptors (Lipinski definition) is 4. The van der Waals surface area contributed by atoms with Crippen molar-refractivity contribution in [3.63, 3.8) is 0 Å². The van der Waals surface area contributed by atoms with E-state index in [0.29, 0.717) is 20.9 Å². The van der Waals surface area contributed by atoms with Crippen molar-refractivity contribution in [1.82, 2.24) is 4.98 Å². The van der Waals surface area contributed by atoms with Crippen molar-refractivity contribution in [3.05, 3.63) is 75.6 Å². The monoisotopic (exact) mass is 449 g/mol. The number of benzene rings is 2. The van der Waals surface area contributed by atoms with Crippen molar-refractivity contribution in [2.24, 2.45) is 0 Å². The second-order valence-electron chi connectivity index (χ2n) is 5.44. The first-order valence-electron chi connectivity index (χ1n) is 8.04. The molecule has 0 saturated heterocycles. The number of rotatable bonds is 5. The van der Waals surface area contributed by atoms with Gasteiger partial charge in [-0.25, -0.2) is 9.18 Å². The molecule has 3 aromatic rings. The smallest absolute Gasteiger partial charge is 0.343 e. The van der Waals surface area contributed by atoms with Gasteiger partial charge in [-0.3, -0.25) is 4.98 Å². The summed E-state index contributed by atoms with van der Waals surface area (Å²) in [6.45, 7) is 1.90. The molecule has 0 aliphatic heterocycles. The van der Waals surface area contributed by atoms with Gasteiger partial charge in [0.1, 0.15) is 22.9 Å². The third kappa shape index (κ3) is 4.46. The third-order valence-corrected chi connectivity index (χ3v) is 4.43. The first-order valence-corrected chi connectivity index (χ1v) is 9.21. The number of hydrogen-bond donors (Lipinski definition) is 0. The average molecular weight is 451 g/mol. The molecule has 1 aromatic heterocycles. The number of carbonyl (C=O) groups is 1. The lowest BCUT2D eigenvalue weighted by Crippen LogP contribution is -2.07. The molecule has 0 atom stereocenters. The van der Waals surface area contributed by atoms with E-state index in [0.717, 1.165) is 0 Å². The van der Waals surface area contributed by atoms with Crippen molar-refractivity contribution in [1.29, 1.82) is 0 Å². The van der Waals surface area contributed by atoms with Crippen molar-refractivity contribution in [2.75, 3.05) is 6.61 Å². The Balaban J connectivity index is 2.08. The van der Waals surface area contributed by atoms with Gasteiger partial charge < -0.3 is 9.47 Å². The predicted molar refractivity (Wildman–Crippen MR) is 105 cm³/mol. The normalized spacial score (nSPS) is 10.5. The maximum Gasteiger partial charge on any atom is 0.343 e. The number of halogens is 3. The summed E-state index contributed by atoms with van der Waals surface area (Å²) < 4.78 is 25.8. The molecule has 0 saturated carbocycles. The van der Waals surface area contributed by atoms with Crippen molar-refractivity contribution >= 4 is 33.5 Å². The van der Waals surface area contributed by atoms with Gasteiger partial charge in [0.15, 0.2) is 0 Å². The van der Waals surface area contributed by atoms with E-state index in [1.807, 2.05) is 0 Å². The molecule has 0 unspecified atom stereocenters. The van der Waals surface area contributed by atoms with Crippen LogP contribution in [0.5, 0.6) is 11.5 Å². The van der Waals surface area contributed by atoms with Gasteiger partial charge in [-0.2, -0.15) is 0 Å². The lowest BCUT2D eigenvalue weighted by Gasteiger charge is -2.13. The number of nitrogens with zero attached hydrogens (tertiary/aromatic N) is 1. The molecule has 0 aliphatic rings. The molecule has 0 spiro atoms. The minimum Gasteiger partial charge on any atom is -0.462 e. The number of aromatic nitrogens is 1. The molecule has 4 nitrogen and oxygen atoms in total. The van der Waals surface area contributed by atoms with E-state index in [4.69, 9.17) is 21.1 Å². The molecular formula is C20H14BrClFNO3. The standard InChI is InChI=1S/C20H14BrClFNO3/c1-2-26-20(25)14-11-24-17(13-8-7-12(21)9-16(13)23)10-19(14)27-18-6-4-3-5-15(18)22/h3-11H,2H2,1H3. The molecule has 0 amide bonds. The largest absolute Gasteiger partial charge is 0.462 e. The van der Waals surface area contributed by atoms with Crippen molar-refractivity contribution in [2.45, 2.75) is 6.92 Å². The molecule has 1 heterocycles. The second kappa shape index (κ2) is 8.50. The summed E-state index contributed by atoms with van der Waals surface area (Å²) >= 11 is 9.37. The van der Waals surface area contributed by atoms with Crippen LogP contribution in [-0.2, 0) is 4.74 Å². The zero-order chi connectivity index (χ0) is 19.4. The van der Waals surface area contributed by atoms with E-state index < -0.39 is 11.8 Å². The van der Waals surface area contributed by atoms with Gasteiger partial charge in [0.2, 0.25) is 0 Å². The van der Waals surface area contributed by atoms with Gasteiger partial charge in [-0.15, -0.1) is 0 Å². The van der Waals surface area contributed by atoms with Crippen LogP contribution in [0.2, 0.25) is 5.02 Å². The number of esters is 1. The van der Waals surface area contributed by atoms with E-state index >= 15 is 0 Å². The number of pyridine rings is 1. The lowest BCUT2D eigenvalue weighted by molar-refractivity contribution is 0.0523. The van der Waals surface area contributed by atoms with Crippen LogP contribution in [-0.4, -0.2) is 17.6 Å². The summed E-state index contributed by atoms with van der Waals surface area (Å²) in [7, 11) is 0. The van der Waals surface area contributed by atoms with Gasteiger partial charge in [-0.05, 0) is 37.3 Å². The fourth-order valence-electron chi connectivity index (χ4n) is 2.37. The number of carbonyl (C=O) groups excluding carboxylic acids is 1. The Labute approximate surface area is 169 Å². The SMILES string of the molecule is CCOC(=O)c1cnc(-c2ccc(Br)cc2F)cc1Oc1ccccc1Cl. The molecule has 0 bridgehead atoms. The van der Waals surface area contributed by atoms with Crippen LogP contribution in [0.1, 0.15) is 17.3 Å². The Morgan fingerprint density at radius 1 is 1.19 bits per heavy atom. The van der Waals surface area contributed by atoms with E-state index in [1.54, 1.807) is 43.3 Å². The molecule has 0 fully saturated rings. The fraction of sp³-hybridized carbons (Fsp3) is 0.100. The van der Waals surface area contributed by atoms with Crippen molar-refractivity contribution < 1.29 is 18.7 Å². The van der Waals surface area contributed by atoms with Crippen LogP contribution in [0.15, 0.2) is 59.2 Å². The highest BCUT2D eigenvalue weighted by Crippen LogP contribution is 2.34. The van der Waals surface area contributed by atoms with E-state index in [2.05, 4.69) is 20.9 Å². The highest BCUT2D eigenvalue weighted by molar-refractivity contribution is 9.10. The van der Waals surface area contributed by atoms with Gasteiger partial charge in [0.25, 0.3) is 0 Å². The summed E-state index contributed by atoms with van der Waals surface area (Å²) in [6.07, 6.45) is 1.31. The number of para-hydroxylation sites is 1. The third-order valence-electron chi connectivity index (χ3n) is 3.63. The first-order chi connectivity index (χ1) is 13.0. The summed E-state index contributed by atoms with van der Waals surface area (Å²) in [5.41, 5.74) is 0.714. The Morgan fingerprint density at radius 2 is 1.96 bits per heavy atom. The zero-order valence-corrected chi connectivity index (χ0v) is 16.6. The Bertz CT molecular complexity index is 997. The van der Waals surface area contributed by atoms with Gasteiger partial charge in [0.05, 0.1) is 17.3 Å². The highest BCUT2D eigenvalue weighted by atomic mass is 79.9. The maximum atomic E-state index is 14.3. The average Bonchev–Trinajstić information content (AvgIpc) is 2.64. The Kier molecular flexibility index (Phi) is 6.08. The van der Waals surface area contributed by atoms with E-state index in [9.17, 15) is 9.18 Å². The molecule has 7 heteroatoms. The lowest BCUT2D eigenvalue weighted by atomic mass is 10.1. The second-order valence-corrected chi connectivity index (χ2v) is 6.77. The van der Waals surface area contributed by atoms with Gasteiger partial charge in [-0.1, -0.05) is 39.7 Å². The zero-order valence-electron chi connectivity index (χ0n) is 14.2.